The number of carbonyl (C=O) groups excluding carboxylic acids is 4. The average Bonchev–Trinajstić information content (AvgIpc) is 3.60. The van der Waals surface area contributed by atoms with Crippen molar-refractivity contribution in [3.8, 4) is 28.7 Å². The topological polar surface area (TPSA) is 157 Å². The molecule has 3 aliphatic rings. The number of rotatable bonds is 9. The molecule has 0 atom stereocenters. The van der Waals surface area contributed by atoms with E-state index in [0.717, 1.165) is 11.0 Å². The molecule has 3 aliphatic heterocycles. The molecule has 1 fully saturated rings. The van der Waals surface area contributed by atoms with Gasteiger partial charge in [0.15, 0.2) is 5.60 Å². The van der Waals surface area contributed by atoms with Crippen molar-refractivity contribution in [3.05, 3.63) is 142 Å². The van der Waals surface area contributed by atoms with Gasteiger partial charge in [-0.2, -0.15) is 5.10 Å². The van der Waals surface area contributed by atoms with Crippen LogP contribution >= 0.6 is 0 Å². The predicted molar refractivity (Wildman–Crippen MR) is 215 cm³/mol. The summed E-state index contributed by atoms with van der Waals surface area (Å²) >= 11 is 0. The molecule has 0 unspecified atom stereocenters. The van der Waals surface area contributed by atoms with Gasteiger partial charge < -0.3 is 33.0 Å². The maximum Gasteiger partial charge on any atom is 0.494 e. The van der Waals surface area contributed by atoms with Crippen molar-refractivity contribution >= 4 is 42.6 Å². The van der Waals surface area contributed by atoms with E-state index in [-0.39, 0.29) is 40.7 Å². The fourth-order valence-corrected chi connectivity index (χ4v) is 7.14. The van der Waals surface area contributed by atoms with Crippen LogP contribution in [-0.2, 0) is 35.8 Å². The molecule has 5 aromatic carbocycles. The number of hydrazone groups is 1. The molecule has 1 amide bonds. The number of hydrogen-bond donors (Lipinski definition) is 1. The summed E-state index contributed by atoms with van der Waals surface area (Å²) in [4.78, 5) is 50.6. The molecule has 1 saturated heterocycles. The predicted octanol–water partition coefficient (Wildman–Crippen LogP) is 6.75. The lowest BCUT2D eigenvalue weighted by molar-refractivity contribution is -0.132. The number of nitrogens with one attached hydrogen (secondary N) is 1. The highest BCUT2D eigenvalue weighted by Gasteiger charge is 2.54. The van der Waals surface area contributed by atoms with Gasteiger partial charge in [0.2, 0.25) is 0 Å². The Kier molecular flexibility index (Phi) is 9.85. The summed E-state index contributed by atoms with van der Waals surface area (Å²) in [5, 5.41) is 4.19. The zero-order valence-corrected chi connectivity index (χ0v) is 33.1. The maximum absolute atomic E-state index is 13.7. The summed E-state index contributed by atoms with van der Waals surface area (Å²) < 4.78 is 41.5. The van der Waals surface area contributed by atoms with Crippen LogP contribution in [0.25, 0.3) is 0 Å². The van der Waals surface area contributed by atoms with Crippen molar-refractivity contribution in [1.82, 2.24) is 5.43 Å². The normalized spacial score (nSPS) is 16.4. The van der Waals surface area contributed by atoms with E-state index < -0.39 is 47.7 Å². The van der Waals surface area contributed by atoms with E-state index in [1.807, 2.05) is 76.2 Å². The van der Waals surface area contributed by atoms with Crippen molar-refractivity contribution in [2.75, 3.05) is 0 Å². The van der Waals surface area contributed by atoms with Crippen LogP contribution in [0.4, 0.5) is 0 Å². The summed E-state index contributed by atoms with van der Waals surface area (Å²) in [6.45, 7) is 10.9. The van der Waals surface area contributed by atoms with E-state index in [1.54, 1.807) is 36.4 Å². The summed E-state index contributed by atoms with van der Waals surface area (Å²) in [6, 6.07) is 29.3. The van der Waals surface area contributed by atoms with Crippen LogP contribution < -0.4 is 29.8 Å². The summed E-state index contributed by atoms with van der Waals surface area (Å²) in [5.74, 6) is -0.846. The average molecular weight is 795 g/mol. The zero-order chi connectivity index (χ0) is 41.7. The lowest BCUT2D eigenvalue weighted by Gasteiger charge is -2.36. The third-order valence-electron chi connectivity index (χ3n) is 10.7. The second kappa shape index (κ2) is 14.9. The molecule has 0 bridgehead atoms. The molecular weight excluding hydrogens is 755 g/mol. The third-order valence-corrected chi connectivity index (χ3v) is 10.7. The highest BCUT2D eigenvalue weighted by atomic mass is 16.7. The number of benzene rings is 5. The summed E-state index contributed by atoms with van der Waals surface area (Å²) in [7, 11) is -0.458. The lowest BCUT2D eigenvalue weighted by Crippen LogP contribution is -2.41. The van der Waals surface area contributed by atoms with Gasteiger partial charge in [0, 0.05) is 53.8 Å². The molecule has 298 valence electrons. The first-order chi connectivity index (χ1) is 28.1. The Hall–Kier alpha value is -6.77. The molecule has 14 heteroatoms. The Bertz CT molecular complexity index is 2480. The first kappa shape index (κ1) is 39.1. The molecule has 3 heterocycles. The largest absolute Gasteiger partial charge is 0.494 e. The Morgan fingerprint density at radius 1 is 0.746 bits per heavy atom. The summed E-state index contributed by atoms with van der Waals surface area (Å²) in [5.41, 5.74) is 4.31. The van der Waals surface area contributed by atoms with Crippen LogP contribution in [0.5, 0.6) is 28.7 Å². The molecule has 0 aliphatic carbocycles. The standard InChI is InChI=1S/C45H39BN2O11/c1-26(49)54-32-16-19-36-39(22-32)56-40-23-33(55-27(2)50)17-20-37(40)45(36)35-18-13-29(21-34(35)42(52)57-45)41(51)48-47-24-30-9-7-8-10-38(30)53-25-28-11-14-31(15-12-28)46-58-43(3,4)44(5,6)59-46/h7-24H,25H2,1-6H3,(H,48,51)/b47-24+. The number of para-hydroxylation sites is 1. The van der Waals surface area contributed by atoms with Crippen LogP contribution in [0.1, 0.15) is 90.1 Å². The molecule has 0 aromatic heterocycles. The summed E-state index contributed by atoms with van der Waals surface area (Å²) in [6.07, 6.45) is 1.48. The number of hydrogen-bond acceptors (Lipinski definition) is 12. The molecule has 0 radical (unpaired) electrons. The number of carbonyl (C=O) groups is 4. The number of amides is 1. The van der Waals surface area contributed by atoms with Crippen LogP contribution in [-0.4, -0.2) is 48.4 Å². The molecule has 59 heavy (non-hydrogen) atoms. The monoisotopic (exact) mass is 794 g/mol. The minimum atomic E-state index is -1.51. The highest BCUT2D eigenvalue weighted by Crippen LogP contribution is 2.57. The Morgan fingerprint density at radius 3 is 1.95 bits per heavy atom. The lowest BCUT2D eigenvalue weighted by atomic mass is 9.77. The van der Waals surface area contributed by atoms with E-state index >= 15 is 0 Å². The van der Waals surface area contributed by atoms with Crippen molar-refractivity contribution in [1.29, 1.82) is 0 Å². The molecule has 1 spiro atoms. The number of nitrogens with zero attached hydrogens (tertiary/aromatic N) is 1. The Labute approximate surface area is 340 Å². The van der Waals surface area contributed by atoms with E-state index in [1.165, 1.54) is 38.3 Å². The van der Waals surface area contributed by atoms with Crippen molar-refractivity contribution in [2.24, 2.45) is 5.10 Å². The van der Waals surface area contributed by atoms with Gasteiger partial charge in [-0.15, -0.1) is 0 Å². The van der Waals surface area contributed by atoms with E-state index in [0.29, 0.717) is 28.0 Å². The van der Waals surface area contributed by atoms with Crippen LogP contribution in [0.2, 0.25) is 0 Å². The van der Waals surface area contributed by atoms with Gasteiger partial charge in [-0.05, 0) is 87.3 Å². The molecule has 0 saturated carbocycles. The van der Waals surface area contributed by atoms with Crippen molar-refractivity contribution in [2.45, 2.75) is 65.0 Å². The zero-order valence-electron chi connectivity index (χ0n) is 33.1. The molecule has 13 nitrogen and oxygen atoms in total. The molecule has 1 N–H and O–H groups in total. The van der Waals surface area contributed by atoms with Gasteiger partial charge in [0.05, 0.1) is 23.0 Å². The third kappa shape index (κ3) is 7.32. The Morgan fingerprint density at radius 2 is 1.34 bits per heavy atom. The van der Waals surface area contributed by atoms with Crippen molar-refractivity contribution in [3.63, 3.8) is 0 Å². The van der Waals surface area contributed by atoms with E-state index in [4.69, 9.17) is 33.0 Å². The minimum Gasteiger partial charge on any atom is -0.488 e. The van der Waals surface area contributed by atoms with Gasteiger partial charge in [-0.1, -0.05) is 42.5 Å². The molecule has 5 aromatic rings. The van der Waals surface area contributed by atoms with Gasteiger partial charge in [-0.3, -0.25) is 14.4 Å². The van der Waals surface area contributed by atoms with Crippen LogP contribution in [0.3, 0.4) is 0 Å². The van der Waals surface area contributed by atoms with Gasteiger partial charge >= 0.3 is 25.0 Å². The van der Waals surface area contributed by atoms with E-state index in [9.17, 15) is 19.2 Å². The first-order valence-electron chi connectivity index (χ1n) is 18.8. The number of ether oxygens (including phenoxy) is 5. The smallest absolute Gasteiger partial charge is 0.488 e. The van der Waals surface area contributed by atoms with Crippen LogP contribution in [0, 0.1) is 0 Å². The van der Waals surface area contributed by atoms with Gasteiger partial charge in [0.25, 0.3) is 5.91 Å². The van der Waals surface area contributed by atoms with Crippen LogP contribution in [0.15, 0.2) is 108 Å². The Balaban J connectivity index is 0.994. The fourth-order valence-electron chi connectivity index (χ4n) is 7.14. The minimum absolute atomic E-state index is 0.149. The number of esters is 3. The van der Waals surface area contributed by atoms with E-state index in [2.05, 4.69) is 10.5 Å². The maximum atomic E-state index is 13.7. The molecule has 8 rings (SSSR count). The van der Waals surface area contributed by atoms with Gasteiger partial charge in [0.1, 0.15) is 35.4 Å². The second-order valence-corrected chi connectivity index (χ2v) is 15.3. The van der Waals surface area contributed by atoms with Crippen molar-refractivity contribution < 1.29 is 52.2 Å². The van der Waals surface area contributed by atoms with Gasteiger partial charge in [-0.25, -0.2) is 10.2 Å². The highest BCUT2D eigenvalue weighted by molar-refractivity contribution is 6.62. The fraction of sp³-hybridized carbons (Fsp3) is 0.222. The second-order valence-electron chi connectivity index (χ2n) is 15.3. The quantitative estimate of drug-likeness (QED) is 0.0554. The molecular formula is C45H39BN2O11. The number of fused-ring (bicyclic) bond motifs is 6. The first-order valence-corrected chi connectivity index (χ1v) is 18.8. The SMILES string of the molecule is CC(=O)Oc1ccc2c(c1)Oc1cc(OC(C)=O)ccc1C21OC(=O)c2cc(C(=O)N/N=C/c3ccccc3OCc3ccc(B4OC(C)(C)C(C)(C)O4)cc3)ccc21.